The summed E-state index contributed by atoms with van der Waals surface area (Å²) in [6.45, 7) is 5.40. The summed E-state index contributed by atoms with van der Waals surface area (Å²) in [6, 6.07) is 0. The van der Waals surface area contributed by atoms with Crippen LogP contribution in [-0.4, -0.2) is 35.0 Å². The number of rotatable bonds is 6. The van der Waals surface area contributed by atoms with Crippen LogP contribution in [-0.2, 0) is 26.9 Å². The number of aryl methyl sites for hydroxylation is 2. The Morgan fingerprint density at radius 2 is 2.11 bits per heavy atom. The summed E-state index contributed by atoms with van der Waals surface area (Å²) in [5, 5.41) is 13.2. The second-order valence-electron chi connectivity index (χ2n) is 4.46. The molecule has 1 aromatic rings. The summed E-state index contributed by atoms with van der Waals surface area (Å²) in [6.07, 6.45) is 0. The number of carboxylic acids is 1. The van der Waals surface area contributed by atoms with Crippen LogP contribution in [0.3, 0.4) is 0 Å². The number of nitrogens with zero attached hydrogens (tertiary/aromatic N) is 2. The number of aromatic nitrogens is 2. The first-order chi connectivity index (χ1) is 8.68. The first-order valence-corrected chi connectivity index (χ1v) is 8.03. The van der Waals surface area contributed by atoms with Gasteiger partial charge in [-0.05, 0) is 13.8 Å². The molecule has 0 aliphatic rings. The van der Waals surface area contributed by atoms with Gasteiger partial charge < -0.3 is 5.11 Å². The van der Waals surface area contributed by atoms with E-state index >= 15 is 0 Å². The van der Waals surface area contributed by atoms with E-state index in [1.54, 1.807) is 6.92 Å². The van der Waals surface area contributed by atoms with E-state index in [1.165, 1.54) is 11.6 Å². The molecule has 19 heavy (non-hydrogen) atoms. The van der Waals surface area contributed by atoms with Crippen molar-refractivity contribution in [2.75, 3.05) is 5.75 Å². The number of aliphatic carboxylic acids is 1. The summed E-state index contributed by atoms with van der Waals surface area (Å²) < 4.78 is 25.5. The Kier molecular flexibility index (Phi) is 4.98. The average Bonchev–Trinajstić information content (AvgIpc) is 2.55. The highest BCUT2D eigenvalue weighted by Crippen LogP contribution is 2.23. The number of sulfone groups is 1. The topological polar surface area (TPSA) is 89.3 Å². The molecule has 6 nitrogen and oxygen atoms in total. The van der Waals surface area contributed by atoms with Crippen molar-refractivity contribution in [3.63, 3.8) is 0 Å². The molecule has 0 spiro atoms. The largest absolute Gasteiger partial charge is 0.481 e. The second-order valence-corrected chi connectivity index (χ2v) is 6.94. The molecule has 0 amide bonds. The van der Waals surface area contributed by atoms with Crippen molar-refractivity contribution in [3.05, 3.63) is 16.4 Å². The van der Waals surface area contributed by atoms with Gasteiger partial charge >= 0.3 is 5.97 Å². The molecule has 1 atom stereocenters. The first kappa shape index (κ1) is 16.0. The zero-order chi connectivity index (χ0) is 14.8. The van der Waals surface area contributed by atoms with Crippen LogP contribution in [0.4, 0.5) is 0 Å². The Morgan fingerprint density at radius 3 is 2.58 bits per heavy atom. The molecule has 1 heterocycles. The van der Waals surface area contributed by atoms with Gasteiger partial charge in [-0.1, -0.05) is 18.5 Å². The minimum atomic E-state index is -3.55. The van der Waals surface area contributed by atoms with Gasteiger partial charge in [-0.25, -0.2) is 8.42 Å². The predicted molar refractivity (Wildman–Crippen MR) is 71.9 cm³/mol. The lowest BCUT2D eigenvalue weighted by Crippen LogP contribution is -2.23. The Morgan fingerprint density at radius 1 is 1.53 bits per heavy atom. The minimum Gasteiger partial charge on any atom is -0.481 e. The van der Waals surface area contributed by atoms with Gasteiger partial charge in [-0.2, -0.15) is 5.10 Å². The van der Waals surface area contributed by atoms with Crippen molar-refractivity contribution in [3.8, 4) is 0 Å². The summed E-state index contributed by atoms with van der Waals surface area (Å²) >= 11 is 6.03. The molecule has 8 heteroatoms. The van der Waals surface area contributed by atoms with E-state index in [0.717, 1.165) is 0 Å². The lowest BCUT2D eigenvalue weighted by Gasteiger charge is -2.09. The molecule has 0 aliphatic carbocycles. The van der Waals surface area contributed by atoms with Crippen LogP contribution in [0, 0.1) is 12.8 Å². The predicted octanol–water partition coefficient (Wildman–Crippen LogP) is 1.50. The quantitative estimate of drug-likeness (QED) is 0.860. The van der Waals surface area contributed by atoms with Gasteiger partial charge in [0, 0.05) is 6.54 Å². The third kappa shape index (κ3) is 3.94. The Hall–Kier alpha value is -1.08. The molecular weight excluding hydrogens is 292 g/mol. The highest BCUT2D eigenvalue weighted by molar-refractivity contribution is 7.90. The molecule has 0 saturated carbocycles. The Balaban J connectivity index is 2.99. The Labute approximate surface area is 117 Å². The zero-order valence-corrected chi connectivity index (χ0v) is 12.6. The fourth-order valence-corrected chi connectivity index (χ4v) is 3.74. The Bertz CT molecular complexity index is 580. The van der Waals surface area contributed by atoms with E-state index in [2.05, 4.69) is 5.10 Å². The summed E-state index contributed by atoms with van der Waals surface area (Å²) in [5.74, 6) is -2.78. The van der Waals surface area contributed by atoms with Gasteiger partial charge in [0.15, 0.2) is 9.84 Å². The summed E-state index contributed by atoms with van der Waals surface area (Å²) in [4.78, 5) is 10.7. The van der Waals surface area contributed by atoms with E-state index < -0.39 is 27.5 Å². The van der Waals surface area contributed by atoms with Crippen LogP contribution >= 0.6 is 11.6 Å². The molecule has 1 aromatic heterocycles. The highest BCUT2D eigenvalue weighted by Gasteiger charge is 2.25. The smallest absolute Gasteiger partial charge is 0.307 e. The number of halogens is 1. The van der Waals surface area contributed by atoms with Gasteiger partial charge in [-0.15, -0.1) is 0 Å². The van der Waals surface area contributed by atoms with Crippen molar-refractivity contribution in [1.82, 2.24) is 9.78 Å². The molecule has 1 N–H and O–H groups in total. The highest BCUT2D eigenvalue weighted by atomic mass is 35.5. The van der Waals surface area contributed by atoms with Crippen molar-refractivity contribution in [2.24, 2.45) is 5.92 Å². The van der Waals surface area contributed by atoms with Crippen molar-refractivity contribution in [2.45, 2.75) is 33.1 Å². The molecule has 0 fully saturated rings. The molecule has 1 unspecified atom stereocenters. The lowest BCUT2D eigenvalue weighted by molar-refractivity contribution is -0.140. The normalized spacial score (nSPS) is 13.5. The number of carboxylic acid groups (broad SMARTS) is 1. The maximum atomic E-state index is 12.0. The van der Waals surface area contributed by atoms with Gasteiger partial charge in [0.1, 0.15) is 0 Å². The molecule has 1 rings (SSSR count). The molecule has 0 bridgehead atoms. The molecular formula is C11H17ClN2O4S. The average molecular weight is 309 g/mol. The number of hydrogen-bond acceptors (Lipinski definition) is 4. The molecule has 108 valence electrons. The molecule has 0 aliphatic heterocycles. The van der Waals surface area contributed by atoms with Crippen molar-refractivity contribution >= 4 is 27.4 Å². The van der Waals surface area contributed by atoms with Crippen LogP contribution in [0.15, 0.2) is 0 Å². The van der Waals surface area contributed by atoms with Crippen molar-refractivity contribution in [1.29, 1.82) is 0 Å². The van der Waals surface area contributed by atoms with Gasteiger partial charge in [0.2, 0.25) is 0 Å². The minimum absolute atomic E-state index is 0.294. The maximum Gasteiger partial charge on any atom is 0.307 e. The summed E-state index contributed by atoms with van der Waals surface area (Å²) in [7, 11) is -3.55. The van der Waals surface area contributed by atoms with Gasteiger partial charge in [0.05, 0.1) is 33.8 Å². The number of hydrogen-bond donors (Lipinski definition) is 1. The van der Waals surface area contributed by atoms with E-state index in [-0.39, 0.29) is 5.75 Å². The fraction of sp³-hybridized carbons (Fsp3) is 0.636. The molecule has 0 radical (unpaired) electrons. The maximum absolute atomic E-state index is 12.0. The van der Waals surface area contributed by atoms with Crippen LogP contribution in [0.2, 0.25) is 5.02 Å². The number of carbonyl (C=O) groups is 1. The van der Waals surface area contributed by atoms with Gasteiger partial charge in [0.25, 0.3) is 0 Å². The van der Waals surface area contributed by atoms with Crippen LogP contribution in [0.25, 0.3) is 0 Å². The van der Waals surface area contributed by atoms with E-state index in [4.69, 9.17) is 16.7 Å². The summed E-state index contributed by atoms with van der Waals surface area (Å²) in [5.41, 5.74) is 0.985. The van der Waals surface area contributed by atoms with Crippen LogP contribution in [0.1, 0.15) is 25.2 Å². The van der Waals surface area contributed by atoms with Crippen LogP contribution < -0.4 is 0 Å². The fourth-order valence-electron chi connectivity index (χ4n) is 1.73. The van der Waals surface area contributed by atoms with Crippen LogP contribution in [0.5, 0.6) is 0 Å². The third-order valence-corrected chi connectivity index (χ3v) is 4.95. The van der Waals surface area contributed by atoms with E-state index in [1.807, 2.05) is 6.92 Å². The van der Waals surface area contributed by atoms with Gasteiger partial charge in [-0.3, -0.25) is 9.48 Å². The standard InChI is InChI=1S/C11H17ClN2O4S/c1-4-14-9(10(12)8(3)13-14)6-19(17,18)5-7(2)11(15)16/h7H,4-6H2,1-3H3,(H,15,16). The first-order valence-electron chi connectivity index (χ1n) is 5.83. The second kappa shape index (κ2) is 5.92. The molecule has 0 aromatic carbocycles. The third-order valence-electron chi connectivity index (χ3n) is 2.73. The monoisotopic (exact) mass is 308 g/mol. The lowest BCUT2D eigenvalue weighted by atomic mass is 10.2. The van der Waals surface area contributed by atoms with Crippen molar-refractivity contribution < 1.29 is 18.3 Å². The van der Waals surface area contributed by atoms with E-state index in [0.29, 0.717) is 23.0 Å². The molecule has 0 saturated heterocycles. The SMILES string of the molecule is CCn1nc(C)c(Cl)c1CS(=O)(=O)CC(C)C(=O)O. The van der Waals surface area contributed by atoms with E-state index in [9.17, 15) is 13.2 Å². The zero-order valence-electron chi connectivity index (χ0n) is 11.1.